The van der Waals surface area contributed by atoms with Crippen LogP contribution in [0.4, 0.5) is 5.82 Å². The summed E-state index contributed by atoms with van der Waals surface area (Å²) in [5.74, 6) is 0.567. The average molecular weight is 248 g/mol. The molecular formula is C17H16N2. The molecule has 0 spiro atoms. The molecule has 0 radical (unpaired) electrons. The lowest BCUT2D eigenvalue weighted by Gasteiger charge is -2.11. The molecule has 3 aromatic rings. The Kier molecular flexibility index (Phi) is 2.71. The van der Waals surface area contributed by atoms with E-state index in [1.165, 1.54) is 21.9 Å². The molecule has 2 N–H and O–H groups in total. The van der Waals surface area contributed by atoms with E-state index >= 15 is 0 Å². The van der Waals surface area contributed by atoms with Gasteiger partial charge in [0.25, 0.3) is 0 Å². The van der Waals surface area contributed by atoms with Crippen molar-refractivity contribution in [1.29, 1.82) is 0 Å². The maximum absolute atomic E-state index is 5.73. The summed E-state index contributed by atoms with van der Waals surface area (Å²) in [6.07, 6.45) is 1.86. The smallest absolute Gasteiger partial charge is 0.123 e. The number of aromatic nitrogens is 1. The molecule has 1 heterocycles. The Bertz CT molecular complexity index is 760. The van der Waals surface area contributed by atoms with Crippen LogP contribution in [0.25, 0.3) is 21.9 Å². The van der Waals surface area contributed by atoms with Crippen molar-refractivity contribution in [3.63, 3.8) is 0 Å². The Morgan fingerprint density at radius 1 is 0.842 bits per heavy atom. The number of aryl methyl sites for hydroxylation is 2. The molecule has 0 saturated carbocycles. The van der Waals surface area contributed by atoms with E-state index in [9.17, 15) is 0 Å². The van der Waals surface area contributed by atoms with Crippen LogP contribution in [-0.4, -0.2) is 4.98 Å². The van der Waals surface area contributed by atoms with E-state index < -0.39 is 0 Å². The molecule has 0 aliphatic carbocycles. The molecule has 2 heteroatoms. The van der Waals surface area contributed by atoms with Crippen molar-refractivity contribution in [3.8, 4) is 11.1 Å². The summed E-state index contributed by atoms with van der Waals surface area (Å²) in [5.41, 5.74) is 10.5. The Morgan fingerprint density at radius 2 is 1.58 bits per heavy atom. The highest BCUT2D eigenvalue weighted by atomic mass is 14.8. The number of hydrogen-bond acceptors (Lipinski definition) is 2. The zero-order valence-electron chi connectivity index (χ0n) is 11.1. The monoisotopic (exact) mass is 248 g/mol. The van der Waals surface area contributed by atoms with Gasteiger partial charge in [0.15, 0.2) is 0 Å². The van der Waals surface area contributed by atoms with Gasteiger partial charge >= 0.3 is 0 Å². The number of pyridine rings is 1. The van der Waals surface area contributed by atoms with E-state index in [1.807, 2.05) is 12.3 Å². The van der Waals surface area contributed by atoms with Gasteiger partial charge in [-0.2, -0.15) is 0 Å². The first-order valence-electron chi connectivity index (χ1n) is 6.37. The fraction of sp³-hybridized carbons (Fsp3) is 0.118. The Balaban J connectivity index is 2.34. The van der Waals surface area contributed by atoms with Crippen LogP contribution in [0.5, 0.6) is 0 Å². The van der Waals surface area contributed by atoms with Gasteiger partial charge < -0.3 is 5.73 Å². The number of rotatable bonds is 1. The minimum Gasteiger partial charge on any atom is -0.384 e. The van der Waals surface area contributed by atoms with Gasteiger partial charge in [0.1, 0.15) is 5.82 Å². The number of benzene rings is 2. The van der Waals surface area contributed by atoms with Crippen LogP contribution in [-0.2, 0) is 0 Å². The molecular weight excluding hydrogens is 232 g/mol. The summed E-state index contributed by atoms with van der Waals surface area (Å²) in [7, 11) is 0. The molecule has 2 aromatic carbocycles. The van der Waals surface area contributed by atoms with E-state index in [0.29, 0.717) is 5.82 Å². The number of fused-ring (bicyclic) bond motifs is 1. The van der Waals surface area contributed by atoms with Gasteiger partial charge in [-0.3, -0.25) is 0 Å². The van der Waals surface area contributed by atoms with E-state index in [1.54, 1.807) is 0 Å². The summed E-state index contributed by atoms with van der Waals surface area (Å²) in [4.78, 5) is 4.22. The average Bonchev–Trinajstić information content (AvgIpc) is 2.41. The molecule has 0 aliphatic rings. The number of nitrogen functional groups attached to an aromatic ring is 1. The minimum absolute atomic E-state index is 0.567. The molecule has 0 bridgehead atoms. The number of nitrogens with two attached hydrogens (primary N) is 1. The molecule has 0 amide bonds. The third-order valence-corrected chi connectivity index (χ3v) is 3.56. The zero-order chi connectivity index (χ0) is 13.4. The lowest BCUT2D eigenvalue weighted by Crippen LogP contribution is -1.93. The summed E-state index contributed by atoms with van der Waals surface area (Å²) in [6, 6.07) is 14.7. The molecule has 1 aromatic heterocycles. The van der Waals surface area contributed by atoms with Gasteiger partial charge in [0.05, 0.1) is 0 Å². The largest absolute Gasteiger partial charge is 0.384 e. The van der Waals surface area contributed by atoms with Crippen LogP contribution in [0.2, 0.25) is 0 Å². The highest BCUT2D eigenvalue weighted by Crippen LogP contribution is 2.32. The predicted octanol–water partition coefficient (Wildman–Crippen LogP) is 4.10. The summed E-state index contributed by atoms with van der Waals surface area (Å²) in [5, 5.41) is 2.55. The Morgan fingerprint density at radius 3 is 2.32 bits per heavy atom. The van der Waals surface area contributed by atoms with Gasteiger partial charge in [-0.15, -0.1) is 0 Å². The third-order valence-electron chi connectivity index (χ3n) is 3.56. The van der Waals surface area contributed by atoms with Crippen LogP contribution < -0.4 is 5.73 Å². The summed E-state index contributed by atoms with van der Waals surface area (Å²) >= 11 is 0. The number of nitrogens with zero attached hydrogens (tertiary/aromatic N) is 1. The molecule has 0 atom stereocenters. The number of anilines is 1. The minimum atomic E-state index is 0.567. The quantitative estimate of drug-likeness (QED) is 0.704. The van der Waals surface area contributed by atoms with Crippen molar-refractivity contribution in [3.05, 3.63) is 59.8 Å². The van der Waals surface area contributed by atoms with Gasteiger partial charge in [-0.25, -0.2) is 4.98 Å². The van der Waals surface area contributed by atoms with E-state index in [-0.39, 0.29) is 0 Å². The lowest BCUT2D eigenvalue weighted by atomic mass is 9.94. The third kappa shape index (κ3) is 1.95. The fourth-order valence-electron chi connectivity index (χ4n) is 2.54. The SMILES string of the molecule is Cc1cc(N)ncc1-c1ccc(C)c2ccccc12. The molecule has 3 rings (SSSR count). The van der Waals surface area contributed by atoms with Crippen molar-refractivity contribution in [2.75, 3.05) is 5.73 Å². The van der Waals surface area contributed by atoms with Crippen molar-refractivity contribution < 1.29 is 0 Å². The highest BCUT2D eigenvalue weighted by molar-refractivity contribution is 5.98. The van der Waals surface area contributed by atoms with Crippen LogP contribution in [0.3, 0.4) is 0 Å². The summed E-state index contributed by atoms with van der Waals surface area (Å²) in [6.45, 7) is 4.21. The molecule has 0 unspecified atom stereocenters. The fourth-order valence-corrected chi connectivity index (χ4v) is 2.54. The number of hydrogen-bond donors (Lipinski definition) is 1. The van der Waals surface area contributed by atoms with Gasteiger partial charge in [-0.1, -0.05) is 36.4 Å². The van der Waals surface area contributed by atoms with Crippen LogP contribution >= 0.6 is 0 Å². The first-order chi connectivity index (χ1) is 9.16. The second-order valence-corrected chi connectivity index (χ2v) is 4.90. The first-order valence-corrected chi connectivity index (χ1v) is 6.37. The van der Waals surface area contributed by atoms with E-state index in [4.69, 9.17) is 5.73 Å². The van der Waals surface area contributed by atoms with Crippen LogP contribution in [0.15, 0.2) is 48.7 Å². The van der Waals surface area contributed by atoms with Gasteiger partial charge in [0.2, 0.25) is 0 Å². The van der Waals surface area contributed by atoms with Crippen molar-refractivity contribution in [2.24, 2.45) is 0 Å². The normalized spacial score (nSPS) is 10.8. The maximum Gasteiger partial charge on any atom is 0.123 e. The standard InChI is InChI=1S/C17H16N2/c1-11-7-8-15(14-6-4-3-5-13(11)14)16-10-19-17(18)9-12(16)2/h3-10H,1-2H3,(H2,18,19). The van der Waals surface area contributed by atoms with E-state index in [0.717, 1.165) is 11.1 Å². The van der Waals surface area contributed by atoms with Crippen molar-refractivity contribution in [1.82, 2.24) is 4.98 Å². The predicted molar refractivity (Wildman–Crippen MR) is 81.1 cm³/mol. The zero-order valence-corrected chi connectivity index (χ0v) is 11.1. The van der Waals surface area contributed by atoms with Crippen LogP contribution in [0.1, 0.15) is 11.1 Å². The van der Waals surface area contributed by atoms with Crippen molar-refractivity contribution >= 4 is 16.6 Å². The maximum atomic E-state index is 5.73. The van der Waals surface area contributed by atoms with Crippen LogP contribution in [0, 0.1) is 13.8 Å². The van der Waals surface area contributed by atoms with Gasteiger partial charge in [0, 0.05) is 11.8 Å². The summed E-state index contributed by atoms with van der Waals surface area (Å²) < 4.78 is 0. The lowest BCUT2D eigenvalue weighted by molar-refractivity contribution is 1.30. The Hall–Kier alpha value is -2.35. The molecule has 94 valence electrons. The first kappa shape index (κ1) is 11.7. The molecule has 19 heavy (non-hydrogen) atoms. The second-order valence-electron chi connectivity index (χ2n) is 4.90. The Labute approximate surface area is 112 Å². The molecule has 0 fully saturated rings. The molecule has 0 saturated heterocycles. The van der Waals surface area contributed by atoms with Gasteiger partial charge in [-0.05, 0) is 47.4 Å². The topological polar surface area (TPSA) is 38.9 Å². The molecule has 0 aliphatic heterocycles. The van der Waals surface area contributed by atoms with Crippen molar-refractivity contribution in [2.45, 2.75) is 13.8 Å². The molecule has 2 nitrogen and oxygen atoms in total. The second kappa shape index (κ2) is 4.39. The highest BCUT2D eigenvalue weighted by Gasteiger charge is 2.08. The van der Waals surface area contributed by atoms with E-state index in [2.05, 4.69) is 55.2 Å².